The summed E-state index contributed by atoms with van der Waals surface area (Å²) in [4.78, 5) is 42.6. The van der Waals surface area contributed by atoms with E-state index in [0.717, 1.165) is 27.4 Å². The van der Waals surface area contributed by atoms with Crippen molar-refractivity contribution >= 4 is 52.6 Å². The molecule has 5 aromatic carbocycles. The monoisotopic (exact) mass is 663 g/mol. The number of anilines is 3. The van der Waals surface area contributed by atoms with Gasteiger partial charge in [0.2, 0.25) is 5.91 Å². The minimum Gasteiger partial charge on any atom is -0.457 e. The van der Waals surface area contributed by atoms with E-state index in [1.54, 1.807) is 47.4 Å². The lowest BCUT2D eigenvalue weighted by Gasteiger charge is -2.23. The summed E-state index contributed by atoms with van der Waals surface area (Å²) in [6.07, 6.45) is 1.51. The van der Waals surface area contributed by atoms with Gasteiger partial charge in [-0.25, -0.2) is 0 Å². The summed E-state index contributed by atoms with van der Waals surface area (Å²) < 4.78 is 6.02. The fourth-order valence-electron chi connectivity index (χ4n) is 5.02. The Labute approximate surface area is 289 Å². The number of thioether (sulfide) groups is 1. The van der Waals surface area contributed by atoms with Crippen LogP contribution in [0.25, 0.3) is 17.4 Å². The Morgan fingerprint density at radius 3 is 1.90 bits per heavy atom. The van der Waals surface area contributed by atoms with Gasteiger partial charge in [0.1, 0.15) is 17.2 Å². The Kier molecular flexibility index (Phi) is 10.5. The first kappa shape index (κ1) is 32.8. The van der Waals surface area contributed by atoms with Crippen LogP contribution in [0, 0.1) is 6.92 Å². The van der Waals surface area contributed by atoms with E-state index in [9.17, 15) is 14.4 Å². The van der Waals surface area contributed by atoms with Crippen LogP contribution in [-0.4, -0.2) is 23.5 Å². The number of aryl methyl sites for hydroxylation is 1. The van der Waals surface area contributed by atoms with Gasteiger partial charge in [0.05, 0.1) is 5.75 Å². The Morgan fingerprint density at radius 2 is 1.29 bits per heavy atom. The van der Waals surface area contributed by atoms with E-state index in [-0.39, 0.29) is 17.4 Å². The minimum absolute atomic E-state index is 0.0182. The third kappa shape index (κ3) is 8.62. The van der Waals surface area contributed by atoms with Crippen molar-refractivity contribution in [3.8, 4) is 11.3 Å². The number of hydrogen-bond acceptors (Lipinski definition) is 5. The number of benzene rings is 5. The Morgan fingerprint density at radius 1 is 0.694 bits per heavy atom. The van der Waals surface area contributed by atoms with Gasteiger partial charge in [-0.3, -0.25) is 19.3 Å². The van der Waals surface area contributed by atoms with Gasteiger partial charge >= 0.3 is 0 Å². The van der Waals surface area contributed by atoms with Gasteiger partial charge in [0, 0.05) is 39.2 Å². The minimum atomic E-state index is -0.519. The van der Waals surface area contributed by atoms with Crippen molar-refractivity contribution in [2.24, 2.45) is 0 Å². The van der Waals surface area contributed by atoms with E-state index in [1.165, 1.54) is 17.8 Å². The number of carbonyl (C=O) groups is 3. The maximum atomic E-state index is 13.6. The predicted molar refractivity (Wildman–Crippen MR) is 197 cm³/mol. The molecule has 1 aromatic heterocycles. The second-order valence-electron chi connectivity index (χ2n) is 11.1. The van der Waals surface area contributed by atoms with Crippen LogP contribution in [0.5, 0.6) is 0 Å². The molecule has 6 rings (SSSR count). The van der Waals surface area contributed by atoms with E-state index in [1.807, 2.05) is 116 Å². The summed E-state index contributed by atoms with van der Waals surface area (Å²) in [5.74, 6) is 0.250. The third-order valence-electron chi connectivity index (χ3n) is 7.53. The Bertz CT molecular complexity index is 2020. The van der Waals surface area contributed by atoms with Crippen molar-refractivity contribution in [3.63, 3.8) is 0 Å². The molecule has 2 N–H and O–H groups in total. The summed E-state index contributed by atoms with van der Waals surface area (Å²) in [5, 5.41) is 5.61. The van der Waals surface area contributed by atoms with Crippen LogP contribution >= 0.6 is 11.8 Å². The van der Waals surface area contributed by atoms with Crippen LogP contribution in [0.1, 0.15) is 21.7 Å². The summed E-state index contributed by atoms with van der Waals surface area (Å²) in [5.41, 5.74) is 4.58. The molecule has 0 atom stereocenters. The molecular formula is C41H33N3O4S. The Balaban J connectivity index is 1.15. The average molecular weight is 664 g/mol. The second-order valence-corrected chi connectivity index (χ2v) is 12.2. The summed E-state index contributed by atoms with van der Waals surface area (Å²) in [7, 11) is 0. The molecule has 0 saturated carbocycles. The number of furan rings is 1. The van der Waals surface area contributed by atoms with Crippen LogP contribution < -0.4 is 15.5 Å². The van der Waals surface area contributed by atoms with E-state index < -0.39 is 11.8 Å². The molecule has 0 unspecified atom stereocenters. The SMILES string of the molecule is Cc1ccc(-c2ccc(C=C(NC(=O)c3ccccc3)C(=O)Nc3ccc(SCC(=O)N(c4ccccc4)c4ccccc4)cc3)o2)cc1. The Hall–Kier alpha value is -6.12. The molecule has 0 aliphatic heterocycles. The lowest BCUT2D eigenvalue weighted by molar-refractivity contribution is -0.115. The summed E-state index contributed by atoms with van der Waals surface area (Å²) in [6.45, 7) is 2.01. The van der Waals surface area contributed by atoms with Crippen molar-refractivity contribution in [2.75, 3.05) is 16.0 Å². The summed E-state index contributed by atoms with van der Waals surface area (Å²) >= 11 is 1.40. The van der Waals surface area contributed by atoms with Gasteiger partial charge in [-0.1, -0.05) is 84.4 Å². The first-order valence-corrected chi connectivity index (χ1v) is 16.6. The van der Waals surface area contributed by atoms with E-state index in [2.05, 4.69) is 10.6 Å². The lowest BCUT2D eigenvalue weighted by atomic mass is 10.1. The summed E-state index contributed by atoms with van der Waals surface area (Å²) in [6, 6.07) is 46.5. The standard InChI is InChI=1S/C41H33N3O4S/c1-29-17-19-30(20-18-29)38-26-23-35(48-38)27-37(43-40(46)31-11-5-2-6-12-31)41(47)42-32-21-24-36(25-22-32)49-28-39(45)44(33-13-7-3-8-14-33)34-15-9-4-10-16-34/h2-27H,28H2,1H3,(H,42,47)(H,43,46). The van der Waals surface area contributed by atoms with Gasteiger partial charge in [0.15, 0.2) is 0 Å². The molecule has 0 aliphatic carbocycles. The highest BCUT2D eigenvalue weighted by molar-refractivity contribution is 8.00. The fraction of sp³-hybridized carbons (Fsp3) is 0.0488. The molecule has 0 saturated heterocycles. The van der Waals surface area contributed by atoms with Crippen molar-refractivity contribution in [1.29, 1.82) is 0 Å². The number of nitrogens with zero attached hydrogens (tertiary/aromatic N) is 1. The molecule has 49 heavy (non-hydrogen) atoms. The largest absolute Gasteiger partial charge is 0.457 e. The highest BCUT2D eigenvalue weighted by atomic mass is 32.2. The number of hydrogen-bond donors (Lipinski definition) is 2. The van der Waals surface area contributed by atoms with E-state index in [4.69, 9.17) is 4.42 Å². The number of amides is 3. The molecule has 7 nitrogen and oxygen atoms in total. The lowest BCUT2D eigenvalue weighted by Crippen LogP contribution is -2.30. The van der Waals surface area contributed by atoms with Crippen LogP contribution in [0.3, 0.4) is 0 Å². The maximum absolute atomic E-state index is 13.6. The van der Waals surface area contributed by atoms with Gasteiger partial charge < -0.3 is 15.1 Å². The maximum Gasteiger partial charge on any atom is 0.272 e. The van der Waals surface area contributed by atoms with Crippen molar-refractivity contribution < 1.29 is 18.8 Å². The zero-order chi connectivity index (χ0) is 34.0. The van der Waals surface area contributed by atoms with Gasteiger partial charge in [0.25, 0.3) is 11.8 Å². The highest BCUT2D eigenvalue weighted by Gasteiger charge is 2.19. The van der Waals surface area contributed by atoms with Gasteiger partial charge in [-0.2, -0.15) is 0 Å². The molecular weight excluding hydrogens is 631 g/mol. The molecule has 0 radical (unpaired) electrons. The average Bonchev–Trinajstić information content (AvgIpc) is 3.61. The van der Waals surface area contributed by atoms with Crippen LogP contribution in [0.2, 0.25) is 0 Å². The molecule has 3 amide bonds. The molecule has 8 heteroatoms. The van der Waals surface area contributed by atoms with Gasteiger partial charge in [-0.05, 0) is 79.7 Å². The number of nitrogens with one attached hydrogen (secondary N) is 2. The van der Waals surface area contributed by atoms with Crippen molar-refractivity contribution in [2.45, 2.75) is 11.8 Å². The first-order valence-electron chi connectivity index (χ1n) is 15.7. The normalized spacial score (nSPS) is 11.1. The van der Waals surface area contributed by atoms with Crippen LogP contribution in [0.4, 0.5) is 17.1 Å². The molecule has 0 bridgehead atoms. The van der Waals surface area contributed by atoms with Crippen LogP contribution in [-0.2, 0) is 9.59 Å². The number of para-hydroxylation sites is 2. The number of carbonyl (C=O) groups excluding carboxylic acids is 3. The first-order chi connectivity index (χ1) is 23.9. The topological polar surface area (TPSA) is 91.7 Å². The van der Waals surface area contributed by atoms with Crippen molar-refractivity contribution in [1.82, 2.24) is 5.32 Å². The molecule has 0 fully saturated rings. The molecule has 6 aromatic rings. The molecule has 0 spiro atoms. The second kappa shape index (κ2) is 15.6. The van der Waals surface area contributed by atoms with Crippen LogP contribution in [0.15, 0.2) is 167 Å². The van der Waals surface area contributed by atoms with E-state index in [0.29, 0.717) is 22.8 Å². The smallest absolute Gasteiger partial charge is 0.272 e. The highest BCUT2D eigenvalue weighted by Crippen LogP contribution is 2.28. The van der Waals surface area contributed by atoms with E-state index >= 15 is 0 Å². The predicted octanol–water partition coefficient (Wildman–Crippen LogP) is 9.12. The number of rotatable bonds is 11. The zero-order valence-electron chi connectivity index (χ0n) is 26.7. The molecule has 242 valence electrons. The third-order valence-corrected chi connectivity index (χ3v) is 8.53. The van der Waals surface area contributed by atoms with Gasteiger partial charge in [-0.15, -0.1) is 11.8 Å². The molecule has 1 heterocycles. The van der Waals surface area contributed by atoms with Crippen molar-refractivity contribution in [3.05, 3.63) is 174 Å². The fourth-order valence-corrected chi connectivity index (χ4v) is 5.77. The quantitative estimate of drug-likeness (QED) is 0.107. The molecule has 0 aliphatic rings. The zero-order valence-corrected chi connectivity index (χ0v) is 27.5.